The first kappa shape index (κ1) is 10.3. The predicted molar refractivity (Wildman–Crippen MR) is 63.2 cm³/mol. The first-order valence-electron chi connectivity index (χ1n) is 5.55. The average molecular weight is 229 g/mol. The van der Waals surface area contributed by atoms with E-state index in [1.54, 1.807) is 30.3 Å². The molecule has 1 unspecified atom stereocenters. The van der Waals surface area contributed by atoms with Gasteiger partial charge in [-0.05, 0) is 41.0 Å². The molecule has 0 aliphatic carbocycles. The van der Waals surface area contributed by atoms with Crippen LogP contribution in [0.3, 0.4) is 0 Å². The Morgan fingerprint density at radius 1 is 1.18 bits per heavy atom. The van der Waals surface area contributed by atoms with Crippen molar-refractivity contribution < 1.29 is 9.50 Å². The second kappa shape index (κ2) is 3.86. The summed E-state index contributed by atoms with van der Waals surface area (Å²) in [6.45, 7) is 0.732. The van der Waals surface area contributed by atoms with Crippen LogP contribution in [0.4, 0.5) is 4.39 Å². The van der Waals surface area contributed by atoms with Crippen LogP contribution < -0.4 is 5.32 Å². The van der Waals surface area contributed by atoms with Gasteiger partial charge in [-0.15, -0.1) is 0 Å². The number of aromatic hydroxyl groups is 1. The van der Waals surface area contributed by atoms with Gasteiger partial charge in [-0.25, -0.2) is 4.39 Å². The van der Waals surface area contributed by atoms with E-state index in [4.69, 9.17) is 0 Å². The van der Waals surface area contributed by atoms with Crippen molar-refractivity contribution in [3.8, 4) is 5.75 Å². The summed E-state index contributed by atoms with van der Waals surface area (Å²) in [5, 5.41) is 12.8. The van der Waals surface area contributed by atoms with Crippen molar-refractivity contribution in [2.45, 2.75) is 12.6 Å². The zero-order valence-electron chi connectivity index (χ0n) is 9.15. The first-order valence-corrected chi connectivity index (χ1v) is 5.55. The number of hydrogen-bond acceptors (Lipinski definition) is 2. The van der Waals surface area contributed by atoms with Crippen LogP contribution in [0.5, 0.6) is 5.75 Å². The summed E-state index contributed by atoms with van der Waals surface area (Å²) in [6.07, 6.45) is 0. The third-order valence-electron chi connectivity index (χ3n) is 3.12. The molecule has 0 radical (unpaired) electrons. The minimum atomic E-state index is -0.224. The second-order valence-corrected chi connectivity index (χ2v) is 4.25. The van der Waals surface area contributed by atoms with Crippen LogP contribution >= 0.6 is 0 Å². The Kier molecular flexibility index (Phi) is 2.34. The summed E-state index contributed by atoms with van der Waals surface area (Å²) >= 11 is 0. The maximum atomic E-state index is 13.3. The van der Waals surface area contributed by atoms with Gasteiger partial charge in [-0.3, -0.25) is 0 Å². The molecule has 2 N–H and O–H groups in total. The van der Waals surface area contributed by atoms with Crippen LogP contribution in [-0.2, 0) is 6.54 Å². The lowest BCUT2D eigenvalue weighted by Crippen LogP contribution is -2.13. The number of fused-ring (bicyclic) bond motifs is 1. The SMILES string of the molecule is Oc1cccc(C2NCc3ccc(F)cc32)c1. The van der Waals surface area contributed by atoms with E-state index in [0.717, 1.165) is 23.2 Å². The van der Waals surface area contributed by atoms with Crippen molar-refractivity contribution in [1.29, 1.82) is 0 Å². The number of benzene rings is 2. The maximum Gasteiger partial charge on any atom is 0.123 e. The fourth-order valence-electron chi connectivity index (χ4n) is 2.32. The van der Waals surface area contributed by atoms with E-state index in [0.29, 0.717) is 0 Å². The van der Waals surface area contributed by atoms with Crippen LogP contribution in [0.25, 0.3) is 0 Å². The number of halogens is 1. The van der Waals surface area contributed by atoms with E-state index in [1.165, 1.54) is 6.07 Å². The number of rotatable bonds is 1. The molecule has 2 aromatic rings. The van der Waals surface area contributed by atoms with Crippen LogP contribution in [0.15, 0.2) is 42.5 Å². The largest absolute Gasteiger partial charge is 0.508 e. The van der Waals surface area contributed by atoms with E-state index in [9.17, 15) is 9.50 Å². The molecule has 86 valence electrons. The van der Waals surface area contributed by atoms with Crippen molar-refractivity contribution in [2.24, 2.45) is 0 Å². The summed E-state index contributed by atoms with van der Waals surface area (Å²) in [4.78, 5) is 0. The van der Waals surface area contributed by atoms with Crippen LogP contribution in [0, 0.1) is 5.82 Å². The van der Waals surface area contributed by atoms with Gasteiger partial charge in [0, 0.05) is 6.54 Å². The molecule has 1 aliphatic rings. The standard InChI is InChI=1S/C14H12FNO/c15-11-5-4-10-8-16-14(13(10)7-11)9-2-1-3-12(17)6-9/h1-7,14,16-17H,8H2. The van der Waals surface area contributed by atoms with E-state index >= 15 is 0 Å². The first-order chi connectivity index (χ1) is 8.24. The summed E-state index contributed by atoms with van der Waals surface area (Å²) in [6, 6.07) is 11.9. The van der Waals surface area contributed by atoms with Crippen LogP contribution in [0.2, 0.25) is 0 Å². The molecule has 2 nitrogen and oxygen atoms in total. The van der Waals surface area contributed by atoms with Gasteiger partial charge in [0.1, 0.15) is 11.6 Å². The minimum Gasteiger partial charge on any atom is -0.508 e. The Morgan fingerprint density at radius 2 is 2.06 bits per heavy atom. The fraction of sp³-hybridized carbons (Fsp3) is 0.143. The normalized spacial score (nSPS) is 18.1. The molecule has 0 spiro atoms. The highest BCUT2D eigenvalue weighted by Gasteiger charge is 2.23. The summed E-state index contributed by atoms with van der Waals surface area (Å²) in [7, 11) is 0. The summed E-state index contributed by atoms with van der Waals surface area (Å²) in [5.41, 5.74) is 3.02. The number of hydrogen-bond donors (Lipinski definition) is 2. The highest BCUT2D eigenvalue weighted by molar-refractivity contribution is 5.43. The second-order valence-electron chi connectivity index (χ2n) is 4.25. The number of nitrogens with one attached hydrogen (secondary N) is 1. The molecule has 0 aromatic heterocycles. The van der Waals surface area contributed by atoms with E-state index in [-0.39, 0.29) is 17.6 Å². The molecule has 0 bridgehead atoms. The molecular formula is C14H12FNO. The third kappa shape index (κ3) is 1.78. The number of phenolic OH excluding ortho intramolecular Hbond substituents is 1. The summed E-state index contributed by atoms with van der Waals surface area (Å²) < 4.78 is 13.3. The lowest BCUT2D eigenvalue weighted by Gasteiger charge is -2.12. The Morgan fingerprint density at radius 3 is 2.88 bits per heavy atom. The van der Waals surface area contributed by atoms with Gasteiger partial charge in [0.05, 0.1) is 6.04 Å². The molecule has 17 heavy (non-hydrogen) atoms. The molecule has 3 rings (SSSR count). The molecule has 0 amide bonds. The Hall–Kier alpha value is -1.87. The molecule has 1 heterocycles. The van der Waals surface area contributed by atoms with E-state index in [1.807, 2.05) is 6.07 Å². The van der Waals surface area contributed by atoms with Crippen molar-refractivity contribution >= 4 is 0 Å². The molecule has 0 saturated carbocycles. The summed E-state index contributed by atoms with van der Waals surface area (Å²) in [5.74, 6) is 0.00626. The van der Waals surface area contributed by atoms with Crippen molar-refractivity contribution in [3.63, 3.8) is 0 Å². The van der Waals surface area contributed by atoms with Crippen molar-refractivity contribution in [3.05, 3.63) is 65.0 Å². The smallest absolute Gasteiger partial charge is 0.123 e. The van der Waals surface area contributed by atoms with Crippen LogP contribution in [0.1, 0.15) is 22.7 Å². The molecular weight excluding hydrogens is 217 g/mol. The van der Waals surface area contributed by atoms with E-state index < -0.39 is 0 Å². The molecule has 3 heteroatoms. The maximum absolute atomic E-state index is 13.3. The molecule has 0 saturated heterocycles. The van der Waals surface area contributed by atoms with Crippen molar-refractivity contribution in [1.82, 2.24) is 5.32 Å². The van der Waals surface area contributed by atoms with Gasteiger partial charge < -0.3 is 10.4 Å². The topological polar surface area (TPSA) is 32.3 Å². The van der Waals surface area contributed by atoms with Crippen LogP contribution in [-0.4, -0.2) is 5.11 Å². The minimum absolute atomic E-state index is 0.0344. The number of phenols is 1. The van der Waals surface area contributed by atoms with Crippen molar-refractivity contribution in [2.75, 3.05) is 0 Å². The van der Waals surface area contributed by atoms with Gasteiger partial charge in [0.25, 0.3) is 0 Å². The Labute approximate surface area is 98.7 Å². The zero-order valence-corrected chi connectivity index (χ0v) is 9.15. The monoisotopic (exact) mass is 229 g/mol. The van der Waals surface area contributed by atoms with Gasteiger partial charge in [-0.2, -0.15) is 0 Å². The molecule has 1 atom stereocenters. The fourth-order valence-corrected chi connectivity index (χ4v) is 2.32. The van der Waals surface area contributed by atoms with Gasteiger partial charge in [-0.1, -0.05) is 18.2 Å². The molecule has 1 aliphatic heterocycles. The quantitative estimate of drug-likeness (QED) is 0.788. The lowest BCUT2D eigenvalue weighted by atomic mass is 9.98. The van der Waals surface area contributed by atoms with E-state index in [2.05, 4.69) is 5.32 Å². The highest BCUT2D eigenvalue weighted by atomic mass is 19.1. The predicted octanol–water partition coefficient (Wildman–Crippen LogP) is 2.72. The average Bonchev–Trinajstić information content (AvgIpc) is 2.71. The Bertz CT molecular complexity index is 568. The lowest BCUT2D eigenvalue weighted by molar-refractivity contribution is 0.473. The third-order valence-corrected chi connectivity index (χ3v) is 3.12. The Balaban J connectivity index is 2.06. The van der Waals surface area contributed by atoms with Gasteiger partial charge in [0.15, 0.2) is 0 Å². The molecule has 2 aromatic carbocycles. The highest BCUT2D eigenvalue weighted by Crippen LogP contribution is 2.32. The zero-order chi connectivity index (χ0) is 11.8. The van der Waals surface area contributed by atoms with Gasteiger partial charge >= 0.3 is 0 Å². The molecule has 0 fully saturated rings. The van der Waals surface area contributed by atoms with Gasteiger partial charge in [0.2, 0.25) is 0 Å².